The fourth-order valence-corrected chi connectivity index (χ4v) is 5.04. The van der Waals surface area contributed by atoms with E-state index in [2.05, 4.69) is 41.4 Å². The molecule has 0 aliphatic heterocycles. The molecular weight excluding hydrogens is 482 g/mol. The molecule has 0 N–H and O–H groups in total. The highest BCUT2D eigenvalue weighted by atomic mass is 32.2. The smallest absolute Gasteiger partial charge is 0.306 e. The van der Waals surface area contributed by atoms with Crippen molar-refractivity contribution < 1.29 is 17.9 Å². The molecule has 0 unspecified atom stereocenters. The second kappa shape index (κ2) is 9.75. The highest BCUT2D eigenvalue weighted by Crippen LogP contribution is 2.37. The lowest BCUT2D eigenvalue weighted by Crippen LogP contribution is -2.28. The first-order chi connectivity index (χ1) is 17.3. The summed E-state index contributed by atoms with van der Waals surface area (Å²) in [6.45, 7) is 7.54. The van der Waals surface area contributed by atoms with Crippen LogP contribution in [-0.4, -0.2) is 32.7 Å². The number of carbonyl (C=O) groups is 1. The van der Waals surface area contributed by atoms with Crippen molar-refractivity contribution in [3.8, 4) is 22.3 Å². The number of pyridine rings is 1. The lowest BCUT2D eigenvalue weighted by Gasteiger charge is -2.25. The van der Waals surface area contributed by atoms with Crippen LogP contribution in [0.3, 0.4) is 0 Å². The number of aromatic nitrogens is 1. The summed E-state index contributed by atoms with van der Waals surface area (Å²) in [7, 11) is -1.94. The quantitative estimate of drug-likeness (QED) is 0.256. The van der Waals surface area contributed by atoms with Crippen molar-refractivity contribution in [2.75, 3.05) is 13.4 Å². The Morgan fingerprint density at radius 3 is 2.16 bits per heavy atom. The zero-order valence-electron chi connectivity index (χ0n) is 22.2. The van der Waals surface area contributed by atoms with Gasteiger partial charge >= 0.3 is 5.97 Å². The van der Waals surface area contributed by atoms with Gasteiger partial charge in [0.1, 0.15) is 0 Å². The van der Waals surface area contributed by atoms with Gasteiger partial charge in [-0.25, -0.2) is 8.42 Å². The molecule has 192 valence electrons. The molecule has 0 fully saturated rings. The van der Waals surface area contributed by atoms with Crippen molar-refractivity contribution in [1.82, 2.24) is 4.98 Å². The van der Waals surface area contributed by atoms with E-state index in [1.54, 1.807) is 20.0 Å². The van der Waals surface area contributed by atoms with E-state index in [-0.39, 0.29) is 11.4 Å². The SMILES string of the molecule is COC(=O)CC(C)(C)c1ccc(-c2cccc(-c3cc(C(C)(C)S(C)(=O)=O)cc4cccnc34)c2)cc1. The number of ether oxygens (including phenoxy) is 1. The second-order valence-electron chi connectivity index (χ2n) is 10.7. The third-order valence-electron chi connectivity index (χ3n) is 7.31. The Kier molecular flexibility index (Phi) is 6.99. The van der Waals surface area contributed by atoms with Crippen LogP contribution in [0, 0.1) is 0 Å². The number of esters is 1. The monoisotopic (exact) mass is 515 g/mol. The molecule has 1 heterocycles. The summed E-state index contributed by atoms with van der Waals surface area (Å²) >= 11 is 0. The van der Waals surface area contributed by atoms with Gasteiger partial charge in [-0.15, -0.1) is 0 Å². The molecular formula is C31H33NO4S. The Hall–Kier alpha value is -3.51. The number of hydrogen-bond acceptors (Lipinski definition) is 5. The summed E-state index contributed by atoms with van der Waals surface area (Å²) in [5.74, 6) is -0.233. The number of benzene rings is 3. The molecule has 0 saturated carbocycles. The molecule has 0 bridgehead atoms. The summed E-state index contributed by atoms with van der Waals surface area (Å²) < 4.78 is 29.0. The number of nitrogens with zero attached hydrogens (tertiary/aromatic N) is 1. The first-order valence-corrected chi connectivity index (χ1v) is 14.1. The number of fused-ring (bicyclic) bond motifs is 1. The topological polar surface area (TPSA) is 73.3 Å². The normalized spacial score (nSPS) is 12.5. The van der Waals surface area contributed by atoms with E-state index >= 15 is 0 Å². The van der Waals surface area contributed by atoms with Crippen molar-refractivity contribution in [2.24, 2.45) is 0 Å². The summed E-state index contributed by atoms with van der Waals surface area (Å²) in [5, 5.41) is 0.898. The summed E-state index contributed by atoms with van der Waals surface area (Å²) in [4.78, 5) is 16.5. The minimum Gasteiger partial charge on any atom is -0.469 e. The zero-order chi connectivity index (χ0) is 27.0. The average molecular weight is 516 g/mol. The number of carbonyl (C=O) groups excluding carboxylic acids is 1. The maximum atomic E-state index is 12.6. The first kappa shape index (κ1) is 26.6. The van der Waals surface area contributed by atoms with E-state index in [1.165, 1.54) is 13.4 Å². The second-order valence-corrected chi connectivity index (χ2v) is 13.2. The van der Waals surface area contributed by atoms with Gasteiger partial charge in [0, 0.05) is 28.8 Å². The van der Waals surface area contributed by atoms with Crippen LogP contribution in [0.25, 0.3) is 33.2 Å². The van der Waals surface area contributed by atoms with Gasteiger partial charge in [0.05, 0.1) is 23.8 Å². The lowest BCUT2D eigenvalue weighted by atomic mass is 9.81. The Morgan fingerprint density at radius 2 is 1.51 bits per heavy atom. The molecule has 1 aromatic heterocycles. The fraction of sp³-hybridized carbons (Fsp3) is 0.290. The average Bonchev–Trinajstić information content (AvgIpc) is 2.87. The Morgan fingerprint density at radius 1 is 0.838 bits per heavy atom. The third-order valence-corrected chi connectivity index (χ3v) is 9.40. The fourth-order valence-electron chi connectivity index (χ4n) is 4.49. The molecule has 6 heteroatoms. The van der Waals surface area contributed by atoms with E-state index in [0.29, 0.717) is 6.42 Å². The van der Waals surface area contributed by atoms with E-state index in [1.807, 2.05) is 50.2 Å². The van der Waals surface area contributed by atoms with Crippen LogP contribution in [0.1, 0.15) is 45.2 Å². The molecule has 0 radical (unpaired) electrons. The molecule has 0 aliphatic carbocycles. The van der Waals surface area contributed by atoms with Crippen LogP contribution in [0.15, 0.2) is 79.0 Å². The van der Waals surface area contributed by atoms with Crippen molar-refractivity contribution in [3.63, 3.8) is 0 Å². The Balaban J connectivity index is 1.78. The maximum Gasteiger partial charge on any atom is 0.306 e. The molecule has 0 atom stereocenters. The van der Waals surface area contributed by atoms with Gasteiger partial charge in [-0.3, -0.25) is 9.78 Å². The molecule has 37 heavy (non-hydrogen) atoms. The van der Waals surface area contributed by atoms with Crippen molar-refractivity contribution in [2.45, 2.75) is 44.3 Å². The van der Waals surface area contributed by atoms with Gasteiger partial charge in [0.15, 0.2) is 9.84 Å². The van der Waals surface area contributed by atoms with E-state index in [4.69, 9.17) is 4.74 Å². The van der Waals surface area contributed by atoms with Crippen molar-refractivity contribution >= 4 is 26.7 Å². The maximum absolute atomic E-state index is 12.6. The summed E-state index contributed by atoms with van der Waals surface area (Å²) in [6.07, 6.45) is 3.33. The van der Waals surface area contributed by atoms with E-state index in [9.17, 15) is 13.2 Å². The summed E-state index contributed by atoms with van der Waals surface area (Å²) in [6, 6.07) is 24.1. The van der Waals surface area contributed by atoms with Crippen LogP contribution >= 0.6 is 0 Å². The van der Waals surface area contributed by atoms with E-state index in [0.717, 1.165) is 44.3 Å². The minimum absolute atomic E-state index is 0.233. The standard InChI is InChI=1S/C31H33NO4S/c1-30(2,20-28(33)36-5)25-14-12-21(13-15-25)22-9-7-10-23(17-22)27-19-26(31(3,4)37(6,34)35)18-24-11-8-16-32-29(24)27/h7-19H,20H2,1-6H3. The predicted octanol–water partition coefficient (Wildman–Crippen LogP) is 6.69. The predicted molar refractivity (Wildman–Crippen MR) is 150 cm³/mol. The van der Waals surface area contributed by atoms with Crippen LogP contribution < -0.4 is 0 Å². The van der Waals surface area contributed by atoms with Crippen LogP contribution in [0.2, 0.25) is 0 Å². The Bertz CT molecular complexity index is 1570. The lowest BCUT2D eigenvalue weighted by molar-refractivity contribution is -0.141. The zero-order valence-corrected chi connectivity index (χ0v) is 23.0. The highest BCUT2D eigenvalue weighted by molar-refractivity contribution is 7.91. The number of methoxy groups -OCH3 is 1. The number of sulfone groups is 1. The molecule has 0 spiro atoms. The van der Waals surface area contributed by atoms with Gasteiger partial charge in [-0.05, 0) is 65.9 Å². The Labute approximate surface area is 219 Å². The van der Waals surface area contributed by atoms with Crippen LogP contribution in [0.5, 0.6) is 0 Å². The third kappa shape index (κ3) is 5.30. The molecule has 0 aliphatic rings. The molecule has 0 amide bonds. The van der Waals surface area contributed by atoms with Crippen molar-refractivity contribution in [1.29, 1.82) is 0 Å². The van der Waals surface area contributed by atoms with Gasteiger partial charge in [-0.1, -0.05) is 62.4 Å². The van der Waals surface area contributed by atoms with E-state index < -0.39 is 14.6 Å². The van der Waals surface area contributed by atoms with Gasteiger partial charge in [0.25, 0.3) is 0 Å². The first-order valence-electron chi connectivity index (χ1n) is 12.2. The molecule has 4 rings (SSSR count). The van der Waals surface area contributed by atoms with Gasteiger partial charge in [0.2, 0.25) is 0 Å². The largest absolute Gasteiger partial charge is 0.469 e. The van der Waals surface area contributed by atoms with Gasteiger partial charge < -0.3 is 4.74 Å². The molecule has 5 nitrogen and oxygen atoms in total. The number of rotatable bonds is 7. The summed E-state index contributed by atoms with van der Waals surface area (Å²) in [5.41, 5.74) is 6.20. The molecule has 0 saturated heterocycles. The highest BCUT2D eigenvalue weighted by Gasteiger charge is 2.33. The van der Waals surface area contributed by atoms with Crippen molar-refractivity contribution in [3.05, 3.63) is 90.1 Å². The van der Waals surface area contributed by atoms with Crippen LogP contribution in [0.4, 0.5) is 0 Å². The molecule has 4 aromatic rings. The minimum atomic E-state index is -3.35. The molecule has 3 aromatic carbocycles. The van der Waals surface area contributed by atoms with Gasteiger partial charge in [-0.2, -0.15) is 0 Å². The number of hydrogen-bond donors (Lipinski definition) is 0. The van der Waals surface area contributed by atoms with Crippen LogP contribution in [-0.2, 0) is 29.5 Å².